The van der Waals surface area contributed by atoms with Crippen LogP contribution in [0.15, 0.2) is 24.3 Å². The fraction of sp³-hybridized carbons (Fsp3) is 0.611. The molecule has 3 rings (SSSR count). The Morgan fingerprint density at radius 2 is 1.84 bits per heavy atom. The number of aliphatic hydroxyl groups is 1. The molecule has 1 saturated heterocycles. The van der Waals surface area contributed by atoms with Crippen molar-refractivity contribution in [1.29, 1.82) is 0 Å². The third-order valence-electron chi connectivity index (χ3n) is 5.47. The van der Waals surface area contributed by atoms with Crippen LogP contribution in [0.3, 0.4) is 0 Å². The largest absolute Gasteiger partial charge is 0.416 e. The lowest BCUT2D eigenvalue weighted by atomic mass is 9.78. The summed E-state index contributed by atoms with van der Waals surface area (Å²) >= 11 is 0. The lowest BCUT2D eigenvalue weighted by Gasteiger charge is -2.41. The van der Waals surface area contributed by atoms with Gasteiger partial charge in [0.05, 0.1) is 11.2 Å². The summed E-state index contributed by atoms with van der Waals surface area (Å²) in [6.45, 7) is 0.829. The predicted molar refractivity (Wildman–Crippen MR) is 88.2 cm³/mol. The number of benzene rings is 1. The van der Waals surface area contributed by atoms with E-state index in [0.717, 1.165) is 37.8 Å². The van der Waals surface area contributed by atoms with Crippen molar-refractivity contribution in [2.75, 3.05) is 18.4 Å². The van der Waals surface area contributed by atoms with E-state index in [-0.39, 0.29) is 5.69 Å². The van der Waals surface area contributed by atoms with Crippen molar-refractivity contribution in [3.63, 3.8) is 0 Å². The van der Waals surface area contributed by atoms with Gasteiger partial charge in [0.1, 0.15) is 0 Å². The van der Waals surface area contributed by atoms with Crippen molar-refractivity contribution in [2.45, 2.75) is 50.3 Å². The van der Waals surface area contributed by atoms with E-state index in [1.54, 1.807) is 4.90 Å². The van der Waals surface area contributed by atoms with Crippen LogP contribution in [0.5, 0.6) is 0 Å². The average Bonchev–Trinajstić information content (AvgIpc) is 3.10. The van der Waals surface area contributed by atoms with E-state index < -0.39 is 23.4 Å². The molecule has 1 aliphatic carbocycles. The Kier molecular flexibility index (Phi) is 4.95. The van der Waals surface area contributed by atoms with Crippen molar-refractivity contribution in [3.05, 3.63) is 29.8 Å². The maximum Gasteiger partial charge on any atom is 0.416 e. The number of urea groups is 1. The summed E-state index contributed by atoms with van der Waals surface area (Å²) in [6, 6.07) is 4.18. The molecule has 1 aromatic carbocycles. The minimum atomic E-state index is -4.44. The number of rotatable bonds is 2. The quantitative estimate of drug-likeness (QED) is 0.832. The van der Waals surface area contributed by atoms with Crippen LogP contribution in [0.4, 0.5) is 23.7 Å². The molecule has 4 nitrogen and oxygen atoms in total. The maximum absolute atomic E-state index is 12.7. The third-order valence-corrected chi connectivity index (χ3v) is 5.47. The highest BCUT2D eigenvalue weighted by molar-refractivity contribution is 5.89. The van der Waals surface area contributed by atoms with E-state index in [2.05, 4.69) is 5.32 Å². The van der Waals surface area contributed by atoms with E-state index in [0.29, 0.717) is 31.8 Å². The maximum atomic E-state index is 12.7. The van der Waals surface area contributed by atoms with Gasteiger partial charge in [-0.1, -0.05) is 18.9 Å². The van der Waals surface area contributed by atoms with E-state index in [9.17, 15) is 23.1 Å². The number of alkyl halides is 3. The minimum absolute atomic E-state index is 0.122. The van der Waals surface area contributed by atoms with E-state index in [1.807, 2.05) is 0 Å². The van der Waals surface area contributed by atoms with Crippen LogP contribution in [0, 0.1) is 5.92 Å². The normalized spacial score (nSPS) is 21.4. The van der Waals surface area contributed by atoms with Gasteiger partial charge in [-0.15, -0.1) is 0 Å². The molecule has 0 unspecified atom stereocenters. The first-order valence-corrected chi connectivity index (χ1v) is 8.73. The van der Waals surface area contributed by atoms with Crippen LogP contribution in [0.2, 0.25) is 0 Å². The van der Waals surface area contributed by atoms with E-state index in [1.165, 1.54) is 12.1 Å². The summed E-state index contributed by atoms with van der Waals surface area (Å²) in [5, 5.41) is 13.3. The standard InChI is InChI=1S/C18H23F3N2O2/c19-18(20,21)14-6-3-7-15(12-14)22-16(24)23-10-8-17(25,9-11-23)13-4-1-2-5-13/h3,6-7,12-13,25H,1-2,4-5,8-11H2,(H,22,24). The summed E-state index contributed by atoms with van der Waals surface area (Å²) in [6.07, 6.45) is 0.963. The molecular formula is C18H23F3N2O2. The molecule has 1 heterocycles. The van der Waals surface area contributed by atoms with Gasteiger partial charge in [-0.2, -0.15) is 13.2 Å². The van der Waals surface area contributed by atoms with Gasteiger partial charge in [-0.25, -0.2) is 4.79 Å². The average molecular weight is 356 g/mol. The Hall–Kier alpha value is -1.76. The number of carbonyl (C=O) groups excluding carboxylic acids is 1. The zero-order valence-electron chi connectivity index (χ0n) is 14.0. The molecule has 0 spiro atoms. The lowest BCUT2D eigenvalue weighted by molar-refractivity contribution is -0.137. The molecule has 2 aliphatic rings. The smallest absolute Gasteiger partial charge is 0.389 e. The van der Waals surface area contributed by atoms with Crippen molar-refractivity contribution in [1.82, 2.24) is 4.90 Å². The Morgan fingerprint density at radius 3 is 2.44 bits per heavy atom. The predicted octanol–water partition coefficient (Wildman–Crippen LogP) is 4.25. The highest BCUT2D eigenvalue weighted by Crippen LogP contribution is 2.40. The molecule has 138 valence electrons. The molecule has 2 N–H and O–H groups in total. The third kappa shape index (κ3) is 4.08. The first-order valence-electron chi connectivity index (χ1n) is 8.73. The SMILES string of the molecule is O=C(Nc1cccc(C(F)(F)F)c1)N1CCC(O)(C2CCCC2)CC1. The topological polar surface area (TPSA) is 52.6 Å². The molecule has 0 radical (unpaired) electrons. The Labute approximate surface area is 145 Å². The second kappa shape index (κ2) is 6.86. The summed E-state index contributed by atoms with van der Waals surface area (Å²) in [5.74, 6) is 0.307. The number of likely N-dealkylation sites (tertiary alicyclic amines) is 1. The number of hydrogen-bond donors (Lipinski definition) is 2. The summed E-state index contributed by atoms with van der Waals surface area (Å²) in [7, 11) is 0. The monoisotopic (exact) mass is 356 g/mol. The van der Waals surface area contributed by atoms with Gasteiger partial charge in [0, 0.05) is 18.8 Å². The molecule has 2 fully saturated rings. The number of carbonyl (C=O) groups is 1. The van der Waals surface area contributed by atoms with E-state index >= 15 is 0 Å². The zero-order chi connectivity index (χ0) is 18.1. The highest BCUT2D eigenvalue weighted by Gasteiger charge is 2.41. The molecule has 1 aliphatic heterocycles. The first-order chi connectivity index (χ1) is 11.8. The Morgan fingerprint density at radius 1 is 1.20 bits per heavy atom. The van der Waals surface area contributed by atoms with Crippen molar-refractivity contribution >= 4 is 11.7 Å². The second-order valence-electron chi connectivity index (χ2n) is 7.08. The van der Waals surface area contributed by atoms with Gasteiger partial charge in [0.25, 0.3) is 0 Å². The van der Waals surface area contributed by atoms with Crippen LogP contribution in [0.25, 0.3) is 0 Å². The number of halogens is 3. The molecular weight excluding hydrogens is 333 g/mol. The van der Waals surface area contributed by atoms with Gasteiger partial charge in [-0.05, 0) is 49.8 Å². The number of amides is 2. The molecule has 25 heavy (non-hydrogen) atoms. The molecule has 0 atom stereocenters. The van der Waals surface area contributed by atoms with Gasteiger partial charge < -0.3 is 15.3 Å². The summed E-state index contributed by atoms with van der Waals surface area (Å²) < 4.78 is 38.2. The van der Waals surface area contributed by atoms with Gasteiger partial charge >= 0.3 is 12.2 Å². The fourth-order valence-electron chi connectivity index (χ4n) is 3.94. The summed E-state index contributed by atoms with van der Waals surface area (Å²) in [5.41, 5.74) is -1.38. The molecule has 0 bridgehead atoms. The molecule has 2 amide bonds. The van der Waals surface area contributed by atoms with Crippen molar-refractivity contribution < 1.29 is 23.1 Å². The first kappa shape index (κ1) is 18.0. The van der Waals surface area contributed by atoms with Gasteiger partial charge in [-0.3, -0.25) is 0 Å². The van der Waals surface area contributed by atoms with Gasteiger partial charge in [0.15, 0.2) is 0 Å². The fourth-order valence-corrected chi connectivity index (χ4v) is 3.94. The van der Waals surface area contributed by atoms with Gasteiger partial charge in [0.2, 0.25) is 0 Å². The molecule has 7 heteroatoms. The van der Waals surface area contributed by atoms with Crippen molar-refractivity contribution in [3.8, 4) is 0 Å². The number of hydrogen-bond acceptors (Lipinski definition) is 2. The molecule has 0 aromatic heterocycles. The minimum Gasteiger partial charge on any atom is -0.389 e. The second-order valence-corrected chi connectivity index (χ2v) is 7.08. The van der Waals surface area contributed by atoms with Crippen LogP contribution >= 0.6 is 0 Å². The zero-order valence-corrected chi connectivity index (χ0v) is 14.0. The molecule has 1 saturated carbocycles. The van der Waals surface area contributed by atoms with E-state index in [4.69, 9.17) is 0 Å². The lowest BCUT2D eigenvalue weighted by Crippen LogP contribution is -2.50. The van der Waals surface area contributed by atoms with Crippen LogP contribution in [0.1, 0.15) is 44.1 Å². The Bertz CT molecular complexity index is 619. The number of nitrogens with one attached hydrogen (secondary N) is 1. The molecule has 1 aromatic rings. The van der Waals surface area contributed by atoms with Crippen molar-refractivity contribution in [2.24, 2.45) is 5.92 Å². The number of piperidine rings is 1. The van der Waals surface area contributed by atoms with Crippen LogP contribution < -0.4 is 5.32 Å². The highest BCUT2D eigenvalue weighted by atomic mass is 19.4. The number of nitrogens with zero attached hydrogens (tertiary/aromatic N) is 1. The Balaban J connectivity index is 1.58. The number of anilines is 1. The summed E-state index contributed by atoms with van der Waals surface area (Å²) in [4.78, 5) is 13.9. The van der Waals surface area contributed by atoms with Crippen LogP contribution in [-0.4, -0.2) is 34.7 Å². The van der Waals surface area contributed by atoms with Crippen LogP contribution in [-0.2, 0) is 6.18 Å².